The maximum atomic E-state index is 11.4. The van der Waals surface area contributed by atoms with Gasteiger partial charge >= 0.3 is 5.97 Å². The molecule has 0 saturated carbocycles. The number of nitrogens with zero attached hydrogens (tertiary/aromatic N) is 1. The third kappa shape index (κ3) is 3.81. The molecule has 1 fully saturated rings. The van der Waals surface area contributed by atoms with Crippen LogP contribution in [0.1, 0.15) is 31.9 Å². The van der Waals surface area contributed by atoms with E-state index in [-0.39, 0.29) is 0 Å². The Labute approximate surface area is 120 Å². The average Bonchev–Trinajstić information content (AvgIpc) is 2.89. The third-order valence-electron chi connectivity index (χ3n) is 4.04. The van der Waals surface area contributed by atoms with Gasteiger partial charge in [0.25, 0.3) is 0 Å². The van der Waals surface area contributed by atoms with E-state index in [1.165, 1.54) is 0 Å². The Morgan fingerprint density at radius 1 is 1.40 bits per heavy atom. The molecule has 1 heterocycles. The standard InChI is InChI=1S/C16H24N2O2/c1-12(2)18-9-8-13(11-18)10-17-15(16(19)20)14-6-4-3-5-7-14/h3-7,12-13,15,17H,8-11H2,1-2H3,(H,19,20). The molecular weight excluding hydrogens is 252 g/mol. The fourth-order valence-corrected chi connectivity index (χ4v) is 2.78. The Morgan fingerprint density at radius 2 is 2.10 bits per heavy atom. The van der Waals surface area contributed by atoms with Crippen molar-refractivity contribution in [3.63, 3.8) is 0 Å². The van der Waals surface area contributed by atoms with Crippen molar-refractivity contribution < 1.29 is 9.90 Å². The van der Waals surface area contributed by atoms with E-state index in [1.807, 2.05) is 30.3 Å². The molecule has 1 saturated heterocycles. The number of carboxylic acids is 1. The molecule has 1 aromatic carbocycles. The lowest BCUT2D eigenvalue weighted by Gasteiger charge is -2.21. The second-order valence-electron chi connectivity index (χ2n) is 5.83. The van der Waals surface area contributed by atoms with Gasteiger partial charge in [-0.1, -0.05) is 30.3 Å². The van der Waals surface area contributed by atoms with Gasteiger partial charge in [0.05, 0.1) is 0 Å². The molecule has 20 heavy (non-hydrogen) atoms. The molecule has 0 aromatic heterocycles. The van der Waals surface area contributed by atoms with Crippen LogP contribution in [0.25, 0.3) is 0 Å². The molecule has 1 aliphatic rings. The van der Waals surface area contributed by atoms with Gasteiger partial charge in [-0.15, -0.1) is 0 Å². The number of carboxylic acid groups (broad SMARTS) is 1. The van der Waals surface area contributed by atoms with E-state index in [1.54, 1.807) is 0 Å². The zero-order valence-electron chi connectivity index (χ0n) is 12.2. The Kier molecular flexibility index (Phi) is 5.15. The molecule has 0 amide bonds. The molecule has 0 radical (unpaired) electrons. The number of benzene rings is 1. The van der Waals surface area contributed by atoms with Crippen molar-refractivity contribution >= 4 is 5.97 Å². The first-order valence-electron chi connectivity index (χ1n) is 7.33. The number of rotatable bonds is 6. The highest BCUT2D eigenvalue weighted by Crippen LogP contribution is 2.19. The van der Waals surface area contributed by atoms with Crippen molar-refractivity contribution in [1.29, 1.82) is 0 Å². The van der Waals surface area contributed by atoms with Crippen LogP contribution in [0.4, 0.5) is 0 Å². The van der Waals surface area contributed by atoms with E-state index >= 15 is 0 Å². The predicted octanol–water partition coefficient (Wildman–Crippen LogP) is 2.13. The Balaban J connectivity index is 1.90. The summed E-state index contributed by atoms with van der Waals surface area (Å²) in [7, 11) is 0. The second-order valence-corrected chi connectivity index (χ2v) is 5.83. The van der Waals surface area contributed by atoms with Gasteiger partial charge in [-0.2, -0.15) is 0 Å². The van der Waals surface area contributed by atoms with E-state index in [2.05, 4.69) is 24.1 Å². The van der Waals surface area contributed by atoms with Crippen LogP contribution in [0.15, 0.2) is 30.3 Å². The van der Waals surface area contributed by atoms with Crippen LogP contribution in [-0.4, -0.2) is 41.7 Å². The summed E-state index contributed by atoms with van der Waals surface area (Å²) in [6.45, 7) is 7.35. The summed E-state index contributed by atoms with van der Waals surface area (Å²) in [6, 6.07) is 9.35. The second kappa shape index (κ2) is 6.86. The van der Waals surface area contributed by atoms with E-state index in [0.29, 0.717) is 12.0 Å². The third-order valence-corrected chi connectivity index (χ3v) is 4.04. The summed E-state index contributed by atoms with van der Waals surface area (Å²) in [5, 5.41) is 12.6. The number of hydrogen-bond acceptors (Lipinski definition) is 3. The van der Waals surface area contributed by atoms with Gasteiger partial charge in [-0.3, -0.25) is 4.79 Å². The average molecular weight is 276 g/mol. The lowest BCUT2D eigenvalue weighted by Crippen LogP contribution is -2.34. The van der Waals surface area contributed by atoms with Gasteiger partial charge in [0, 0.05) is 19.1 Å². The molecule has 110 valence electrons. The lowest BCUT2D eigenvalue weighted by atomic mass is 10.0. The van der Waals surface area contributed by atoms with Gasteiger partial charge in [0.1, 0.15) is 6.04 Å². The van der Waals surface area contributed by atoms with E-state index < -0.39 is 12.0 Å². The van der Waals surface area contributed by atoms with Crippen molar-refractivity contribution in [2.24, 2.45) is 5.92 Å². The minimum atomic E-state index is -0.810. The van der Waals surface area contributed by atoms with E-state index in [0.717, 1.165) is 31.6 Å². The fraction of sp³-hybridized carbons (Fsp3) is 0.562. The molecule has 4 nitrogen and oxygen atoms in total. The lowest BCUT2D eigenvalue weighted by molar-refractivity contribution is -0.139. The van der Waals surface area contributed by atoms with Gasteiger partial charge in [0.2, 0.25) is 0 Å². The summed E-state index contributed by atoms with van der Waals surface area (Å²) in [5.74, 6) is -0.266. The van der Waals surface area contributed by atoms with Crippen LogP contribution >= 0.6 is 0 Å². The summed E-state index contributed by atoms with van der Waals surface area (Å²) in [6.07, 6.45) is 1.15. The fourth-order valence-electron chi connectivity index (χ4n) is 2.78. The number of likely N-dealkylation sites (tertiary alicyclic amines) is 1. The summed E-state index contributed by atoms with van der Waals surface area (Å²) in [5.41, 5.74) is 0.818. The molecule has 2 atom stereocenters. The Hall–Kier alpha value is -1.39. The smallest absolute Gasteiger partial charge is 0.325 e. The highest BCUT2D eigenvalue weighted by atomic mass is 16.4. The van der Waals surface area contributed by atoms with Crippen molar-refractivity contribution in [1.82, 2.24) is 10.2 Å². The Morgan fingerprint density at radius 3 is 2.65 bits per heavy atom. The molecule has 0 spiro atoms. The molecule has 0 bridgehead atoms. The number of nitrogens with one attached hydrogen (secondary N) is 1. The van der Waals surface area contributed by atoms with Gasteiger partial charge in [-0.05, 0) is 38.3 Å². The predicted molar refractivity (Wildman–Crippen MR) is 79.6 cm³/mol. The van der Waals surface area contributed by atoms with Crippen molar-refractivity contribution in [2.75, 3.05) is 19.6 Å². The molecule has 0 aliphatic carbocycles. The van der Waals surface area contributed by atoms with Gasteiger partial charge in [0.15, 0.2) is 0 Å². The normalized spacial score (nSPS) is 21.2. The van der Waals surface area contributed by atoms with Crippen LogP contribution in [0.2, 0.25) is 0 Å². The van der Waals surface area contributed by atoms with Crippen molar-refractivity contribution in [3.05, 3.63) is 35.9 Å². The van der Waals surface area contributed by atoms with Gasteiger partial charge in [-0.25, -0.2) is 0 Å². The van der Waals surface area contributed by atoms with Crippen molar-refractivity contribution in [2.45, 2.75) is 32.4 Å². The largest absolute Gasteiger partial charge is 0.480 e. The van der Waals surface area contributed by atoms with Crippen molar-refractivity contribution in [3.8, 4) is 0 Å². The minimum absolute atomic E-state index is 0.544. The number of carbonyl (C=O) groups is 1. The monoisotopic (exact) mass is 276 g/mol. The Bertz CT molecular complexity index is 433. The van der Waals surface area contributed by atoms with Crippen LogP contribution in [0.5, 0.6) is 0 Å². The molecule has 2 N–H and O–H groups in total. The molecular formula is C16H24N2O2. The highest BCUT2D eigenvalue weighted by Gasteiger charge is 2.26. The first-order valence-corrected chi connectivity index (χ1v) is 7.33. The number of hydrogen-bond donors (Lipinski definition) is 2. The van der Waals surface area contributed by atoms with Crippen LogP contribution < -0.4 is 5.32 Å². The topological polar surface area (TPSA) is 52.6 Å². The quantitative estimate of drug-likeness (QED) is 0.836. The number of aliphatic carboxylic acids is 1. The SMILES string of the molecule is CC(C)N1CCC(CNC(C(=O)O)c2ccccc2)C1. The molecule has 2 unspecified atom stereocenters. The molecule has 1 aliphatic heterocycles. The zero-order chi connectivity index (χ0) is 14.5. The maximum Gasteiger partial charge on any atom is 0.325 e. The van der Waals surface area contributed by atoms with Gasteiger partial charge < -0.3 is 15.3 Å². The summed E-state index contributed by atoms with van der Waals surface area (Å²) >= 11 is 0. The molecule has 1 aromatic rings. The van der Waals surface area contributed by atoms with Crippen LogP contribution in [0.3, 0.4) is 0 Å². The van der Waals surface area contributed by atoms with Crippen LogP contribution in [0, 0.1) is 5.92 Å². The van der Waals surface area contributed by atoms with Crippen LogP contribution in [-0.2, 0) is 4.79 Å². The highest BCUT2D eigenvalue weighted by molar-refractivity contribution is 5.75. The summed E-state index contributed by atoms with van der Waals surface area (Å²) in [4.78, 5) is 13.9. The zero-order valence-corrected chi connectivity index (χ0v) is 12.2. The van der Waals surface area contributed by atoms with E-state index in [9.17, 15) is 9.90 Å². The first kappa shape index (κ1) is 15.0. The summed E-state index contributed by atoms with van der Waals surface area (Å²) < 4.78 is 0. The molecule has 4 heteroatoms. The molecule has 2 rings (SSSR count). The minimum Gasteiger partial charge on any atom is -0.480 e. The first-order chi connectivity index (χ1) is 9.58. The maximum absolute atomic E-state index is 11.4. The van der Waals surface area contributed by atoms with E-state index in [4.69, 9.17) is 0 Å².